The van der Waals surface area contributed by atoms with E-state index in [-0.39, 0.29) is 11.9 Å². The normalized spacial score (nSPS) is 34.2. The van der Waals surface area contributed by atoms with Crippen LogP contribution in [0.2, 0.25) is 0 Å². The van der Waals surface area contributed by atoms with Gasteiger partial charge in [0.05, 0.1) is 12.5 Å². The van der Waals surface area contributed by atoms with Crippen LogP contribution in [0.1, 0.15) is 52.4 Å². The summed E-state index contributed by atoms with van der Waals surface area (Å²) < 4.78 is 5.17. The van der Waals surface area contributed by atoms with Crippen molar-refractivity contribution in [3.05, 3.63) is 0 Å². The fourth-order valence-corrected chi connectivity index (χ4v) is 3.52. The average molecular weight is 253 g/mol. The molecule has 1 heterocycles. The van der Waals surface area contributed by atoms with E-state index in [4.69, 9.17) is 4.74 Å². The van der Waals surface area contributed by atoms with E-state index in [2.05, 4.69) is 11.8 Å². The van der Waals surface area contributed by atoms with Gasteiger partial charge < -0.3 is 4.74 Å². The molecule has 0 N–H and O–H groups in total. The predicted molar refractivity (Wildman–Crippen MR) is 72.4 cm³/mol. The van der Waals surface area contributed by atoms with Crippen LogP contribution in [0.5, 0.6) is 0 Å². The molecular weight excluding hydrogens is 226 g/mol. The number of carbonyl (C=O) groups excluding carboxylic acids is 1. The van der Waals surface area contributed by atoms with E-state index < -0.39 is 0 Å². The van der Waals surface area contributed by atoms with Gasteiger partial charge in [-0.2, -0.15) is 0 Å². The summed E-state index contributed by atoms with van der Waals surface area (Å²) in [6, 6.07) is 0.714. The highest BCUT2D eigenvalue weighted by molar-refractivity contribution is 5.72. The van der Waals surface area contributed by atoms with Gasteiger partial charge >= 0.3 is 5.97 Å². The number of piperidine rings is 1. The molecule has 3 unspecified atom stereocenters. The van der Waals surface area contributed by atoms with Gasteiger partial charge in [-0.05, 0) is 45.1 Å². The third-order valence-electron chi connectivity index (χ3n) is 4.50. The lowest BCUT2D eigenvalue weighted by Crippen LogP contribution is -2.46. The summed E-state index contributed by atoms with van der Waals surface area (Å²) >= 11 is 0. The first-order valence-electron chi connectivity index (χ1n) is 7.61. The number of rotatable bonds is 3. The zero-order valence-corrected chi connectivity index (χ0v) is 11.9. The number of hydrogen-bond acceptors (Lipinski definition) is 3. The van der Waals surface area contributed by atoms with Crippen LogP contribution in [-0.4, -0.2) is 36.6 Å². The molecule has 2 rings (SSSR count). The van der Waals surface area contributed by atoms with Gasteiger partial charge in [-0.25, -0.2) is 0 Å². The summed E-state index contributed by atoms with van der Waals surface area (Å²) in [5.74, 6) is 0.994. The first kappa shape index (κ1) is 13.9. The molecule has 1 aliphatic carbocycles. The Labute approximate surface area is 111 Å². The fourth-order valence-electron chi connectivity index (χ4n) is 3.52. The minimum Gasteiger partial charge on any atom is -0.466 e. The first-order chi connectivity index (χ1) is 8.70. The molecule has 0 radical (unpaired) electrons. The summed E-state index contributed by atoms with van der Waals surface area (Å²) in [6.45, 7) is 6.86. The highest BCUT2D eigenvalue weighted by Gasteiger charge is 2.32. The molecule has 1 aliphatic heterocycles. The molecule has 2 aliphatic rings. The van der Waals surface area contributed by atoms with Gasteiger partial charge in [-0.3, -0.25) is 9.69 Å². The van der Waals surface area contributed by atoms with Crippen LogP contribution in [0, 0.1) is 11.8 Å². The smallest absolute Gasteiger partial charge is 0.310 e. The van der Waals surface area contributed by atoms with Crippen molar-refractivity contribution in [1.82, 2.24) is 4.90 Å². The molecule has 0 bridgehead atoms. The molecule has 1 saturated heterocycles. The molecule has 3 atom stereocenters. The summed E-state index contributed by atoms with van der Waals surface area (Å²) in [5.41, 5.74) is 0. The Morgan fingerprint density at radius 2 is 2.11 bits per heavy atom. The standard InChI is InChI=1S/C15H27NO2/c1-3-18-15(17)13-7-5-9-16(11-13)14-8-4-6-12(2)10-14/h12-14H,3-11H2,1-2H3. The lowest BCUT2D eigenvalue weighted by molar-refractivity contribution is -0.150. The van der Waals surface area contributed by atoms with Gasteiger partial charge in [0.25, 0.3) is 0 Å². The summed E-state index contributed by atoms with van der Waals surface area (Å²) in [7, 11) is 0. The first-order valence-corrected chi connectivity index (χ1v) is 7.61. The van der Waals surface area contributed by atoms with E-state index in [1.165, 1.54) is 32.2 Å². The van der Waals surface area contributed by atoms with Crippen LogP contribution in [-0.2, 0) is 9.53 Å². The van der Waals surface area contributed by atoms with Crippen molar-refractivity contribution < 1.29 is 9.53 Å². The topological polar surface area (TPSA) is 29.5 Å². The Morgan fingerprint density at radius 3 is 2.83 bits per heavy atom. The van der Waals surface area contributed by atoms with Crippen molar-refractivity contribution in [2.45, 2.75) is 58.4 Å². The number of ether oxygens (including phenoxy) is 1. The second kappa shape index (κ2) is 6.55. The highest BCUT2D eigenvalue weighted by atomic mass is 16.5. The summed E-state index contributed by atoms with van der Waals surface area (Å²) in [4.78, 5) is 14.4. The van der Waals surface area contributed by atoms with Crippen LogP contribution in [0.4, 0.5) is 0 Å². The number of likely N-dealkylation sites (tertiary alicyclic amines) is 1. The van der Waals surface area contributed by atoms with Crippen LogP contribution in [0.3, 0.4) is 0 Å². The molecule has 0 aromatic rings. The molecule has 0 aromatic heterocycles. The van der Waals surface area contributed by atoms with Crippen LogP contribution >= 0.6 is 0 Å². The van der Waals surface area contributed by atoms with Crippen LogP contribution in [0.15, 0.2) is 0 Å². The van der Waals surface area contributed by atoms with Gasteiger partial charge in [-0.15, -0.1) is 0 Å². The molecule has 3 nitrogen and oxygen atoms in total. The van der Waals surface area contributed by atoms with Crippen molar-refractivity contribution in [2.75, 3.05) is 19.7 Å². The number of carbonyl (C=O) groups is 1. The van der Waals surface area contributed by atoms with E-state index in [1.807, 2.05) is 6.92 Å². The molecule has 104 valence electrons. The van der Waals surface area contributed by atoms with Crippen molar-refractivity contribution in [2.24, 2.45) is 11.8 Å². The molecule has 3 heteroatoms. The number of esters is 1. The maximum Gasteiger partial charge on any atom is 0.310 e. The molecule has 1 saturated carbocycles. The Morgan fingerprint density at radius 1 is 1.28 bits per heavy atom. The Balaban J connectivity index is 1.87. The van der Waals surface area contributed by atoms with E-state index in [0.29, 0.717) is 12.6 Å². The van der Waals surface area contributed by atoms with Crippen LogP contribution in [0.25, 0.3) is 0 Å². The zero-order valence-electron chi connectivity index (χ0n) is 11.9. The van der Waals surface area contributed by atoms with E-state index in [9.17, 15) is 4.79 Å². The quantitative estimate of drug-likeness (QED) is 0.724. The molecule has 2 fully saturated rings. The number of hydrogen-bond donors (Lipinski definition) is 0. The van der Waals surface area contributed by atoms with Gasteiger partial charge in [0, 0.05) is 12.6 Å². The second-order valence-corrected chi connectivity index (χ2v) is 6.01. The van der Waals surface area contributed by atoms with Gasteiger partial charge in [0.2, 0.25) is 0 Å². The molecule has 0 spiro atoms. The Bertz CT molecular complexity index is 280. The Kier molecular flexibility index (Phi) is 5.04. The maximum absolute atomic E-state index is 11.8. The largest absolute Gasteiger partial charge is 0.466 e. The number of nitrogens with zero attached hydrogens (tertiary/aromatic N) is 1. The van der Waals surface area contributed by atoms with Gasteiger partial charge in [0.1, 0.15) is 0 Å². The molecular formula is C15H27NO2. The SMILES string of the molecule is CCOC(=O)C1CCCN(C2CCCC(C)C2)C1. The van der Waals surface area contributed by atoms with Crippen molar-refractivity contribution in [3.63, 3.8) is 0 Å². The van der Waals surface area contributed by atoms with E-state index >= 15 is 0 Å². The van der Waals surface area contributed by atoms with Crippen molar-refractivity contribution in [3.8, 4) is 0 Å². The Hall–Kier alpha value is -0.570. The molecule has 0 amide bonds. The van der Waals surface area contributed by atoms with Gasteiger partial charge in [-0.1, -0.05) is 19.8 Å². The average Bonchev–Trinajstić information content (AvgIpc) is 2.39. The minimum absolute atomic E-state index is 0.0195. The summed E-state index contributed by atoms with van der Waals surface area (Å²) in [6.07, 6.45) is 7.53. The minimum atomic E-state index is 0.0195. The lowest BCUT2D eigenvalue weighted by atomic mass is 9.84. The molecule has 0 aromatic carbocycles. The van der Waals surface area contributed by atoms with Crippen molar-refractivity contribution >= 4 is 5.97 Å². The lowest BCUT2D eigenvalue weighted by Gasteiger charge is -2.40. The van der Waals surface area contributed by atoms with Crippen molar-refractivity contribution in [1.29, 1.82) is 0 Å². The maximum atomic E-state index is 11.8. The summed E-state index contributed by atoms with van der Waals surface area (Å²) in [5, 5.41) is 0. The monoisotopic (exact) mass is 253 g/mol. The predicted octanol–water partition coefficient (Wildman–Crippen LogP) is 2.84. The third kappa shape index (κ3) is 3.47. The van der Waals surface area contributed by atoms with Gasteiger partial charge in [0.15, 0.2) is 0 Å². The third-order valence-corrected chi connectivity index (χ3v) is 4.50. The second-order valence-electron chi connectivity index (χ2n) is 6.01. The zero-order chi connectivity index (χ0) is 13.0. The molecule has 18 heavy (non-hydrogen) atoms. The van der Waals surface area contributed by atoms with E-state index in [1.54, 1.807) is 0 Å². The van der Waals surface area contributed by atoms with E-state index in [0.717, 1.165) is 25.3 Å². The van der Waals surface area contributed by atoms with Crippen LogP contribution < -0.4 is 0 Å². The fraction of sp³-hybridized carbons (Fsp3) is 0.933. The highest BCUT2D eigenvalue weighted by Crippen LogP contribution is 2.30.